The predicted molar refractivity (Wildman–Crippen MR) is 255 cm³/mol. The van der Waals surface area contributed by atoms with E-state index in [9.17, 15) is 10.2 Å². The van der Waals surface area contributed by atoms with Crippen LogP contribution in [-0.2, 0) is 20.9 Å². The lowest BCUT2D eigenvalue weighted by Gasteiger charge is -2.60. The Morgan fingerprint density at radius 3 is 2.44 bits per heavy atom. The minimum absolute atomic E-state index is 0.0385. The molecule has 66 heavy (non-hydrogen) atoms. The summed E-state index contributed by atoms with van der Waals surface area (Å²) in [4.78, 5) is 23.3. The van der Waals surface area contributed by atoms with Crippen molar-refractivity contribution in [1.82, 2.24) is 4.90 Å². The van der Waals surface area contributed by atoms with Crippen LogP contribution in [0.15, 0.2) is 108 Å². The zero-order valence-corrected chi connectivity index (χ0v) is 38.4. The number of hydrogen-bond acceptors (Lipinski definition) is 10. The standard InChI is InChI=1S/C55H66N2O9/c1-3-29-63-55-51(57(52(60)26-20-37-13-5-6-14-37)35-38-19-24-49-50(30-38)62-36-61-49)34-47(56-64-4-2)45-32-41(17-9-11-27-58)44(18-10-12-28-59)53(54(45)55)46-33-43(23-25-48(46)66-55)65-42-22-21-39-15-7-8-16-40(39)31-42/h3,7-8,15-16,19,21-25,30-33,37,41,44,51,53-54,58-59H,1,4-6,9-14,17-18,20,26-29,34-36H2,2H3. The van der Waals surface area contributed by atoms with Crippen molar-refractivity contribution in [3.8, 4) is 28.7 Å². The third-order valence-electron chi connectivity index (χ3n) is 14.6. The van der Waals surface area contributed by atoms with E-state index >= 15 is 4.79 Å². The van der Waals surface area contributed by atoms with E-state index in [0.29, 0.717) is 67.8 Å². The first-order valence-electron chi connectivity index (χ1n) is 24.5. The van der Waals surface area contributed by atoms with Crippen LogP contribution in [0.5, 0.6) is 28.7 Å². The van der Waals surface area contributed by atoms with E-state index in [4.69, 9.17) is 33.7 Å². The van der Waals surface area contributed by atoms with E-state index < -0.39 is 17.7 Å². The van der Waals surface area contributed by atoms with Gasteiger partial charge in [-0.25, -0.2) is 0 Å². The van der Waals surface area contributed by atoms with Gasteiger partial charge in [0.15, 0.2) is 11.5 Å². The number of aliphatic hydroxyl groups is 2. The maximum atomic E-state index is 15.3. The van der Waals surface area contributed by atoms with Crippen molar-refractivity contribution in [2.75, 3.05) is 33.2 Å². The Kier molecular flexibility index (Phi) is 14.6. The number of aliphatic hydroxyl groups excluding tert-OH is 2. The van der Waals surface area contributed by atoms with Gasteiger partial charge in [-0.15, -0.1) is 6.58 Å². The summed E-state index contributed by atoms with van der Waals surface area (Å²) >= 11 is 0. The first kappa shape index (κ1) is 45.8. The molecule has 0 bridgehead atoms. The van der Waals surface area contributed by atoms with Gasteiger partial charge in [0, 0.05) is 44.1 Å². The SMILES string of the molecule is C=CCOC12Oc3ccc(Oc4ccc5ccccc5c4)cc3C3C(CCCCO)C(CCCCO)C=C(C(=NOCC)CC1N(Cc1ccc4c(c1)OCO4)C(=O)CCC1CCCC1)C32. The second-order valence-electron chi connectivity index (χ2n) is 18.7. The fourth-order valence-electron chi connectivity index (χ4n) is 11.6. The predicted octanol–water partition coefficient (Wildman–Crippen LogP) is 11.0. The highest BCUT2D eigenvalue weighted by molar-refractivity contribution is 6.03. The highest BCUT2D eigenvalue weighted by Crippen LogP contribution is 2.62. The van der Waals surface area contributed by atoms with Gasteiger partial charge in [-0.05, 0) is 121 Å². The molecule has 11 nitrogen and oxygen atoms in total. The van der Waals surface area contributed by atoms with Crippen LogP contribution in [0.2, 0.25) is 0 Å². The van der Waals surface area contributed by atoms with Crippen LogP contribution in [0, 0.1) is 23.7 Å². The van der Waals surface area contributed by atoms with Gasteiger partial charge in [-0.2, -0.15) is 0 Å². The van der Waals surface area contributed by atoms with Gasteiger partial charge in [0.2, 0.25) is 18.5 Å². The van der Waals surface area contributed by atoms with E-state index in [-0.39, 0.29) is 50.3 Å². The Morgan fingerprint density at radius 1 is 0.879 bits per heavy atom. The second kappa shape index (κ2) is 21.1. The number of fused-ring (bicyclic) bond motifs is 4. The van der Waals surface area contributed by atoms with Gasteiger partial charge < -0.3 is 43.6 Å². The number of oxime groups is 1. The summed E-state index contributed by atoms with van der Waals surface area (Å²) in [6.45, 7) is 7.30. The van der Waals surface area contributed by atoms with Crippen LogP contribution in [-0.4, -0.2) is 71.8 Å². The monoisotopic (exact) mass is 898 g/mol. The van der Waals surface area contributed by atoms with E-state index in [1.54, 1.807) is 6.08 Å². The van der Waals surface area contributed by atoms with Crippen LogP contribution in [0.1, 0.15) is 107 Å². The van der Waals surface area contributed by atoms with Gasteiger partial charge in [-0.1, -0.05) is 92.2 Å². The molecule has 2 saturated carbocycles. The fraction of sp³-hybridized carbons (Fsp3) is 0.491. The summed E-state index contributed by atoms with van der Waals surface area (Å²) in [7, 11) is 0. The third kappa shape index (κ3) is 9.58. The molecule has 3 aliphatic carbocycles. The molecule has 2 heterocycles. The average molecular weight is 899 g/mol. The molecule has 4 aromatic rings. The molecule has 4 aromatic carbocycles. The van der Waals surface area contributed by atoms with Crippen molar-refractivity contribution in [3.63, 3.8) is 0 Å². The number of ether oxygens (including phenoxy) is 5. The summed E-state index contributed by atoms with van der Waals surface area (Å²) in [6, 6.07) is 25.8. The Morgan fingerprint density at radius 2 is 1.64 bits per heavy atom. The van der Waals surface area contributed by atoms with E-state index in [0.717, 1.165) is 83.9 Å². The fourth-order valence-corrected chi connectivity index (χ4v) is 11.6. The third-order valence-corrected chi connectivity index (χ3v) is 14.6. The lowest BCUT2D eigenvalue weighted by molar-refractivity contribution is -0.258. The topological polar surface area (TPSA) is 129 Å². The first-order chi connectivity index (χ1) is 32.4. The Bertz CT molecular complexity index is 2390. The van der Waals surface area contributed by atoms with Crippen molar-refractivity contribution < 1.29 is 43.5 Å². The van der Waals surface area contributed by atoms with Crippen LogP contribution >= 0.6 is 0 Å². The summed E-state index contributed by atoms with van der Waals surface area (Å²) < 4.78 is 33.0. The Labute approximate surface area is 389 Å². The van der Waals surface area contributed by atoms with E-state index in [2.05, 4.69) is 43.0 Å². The molecule has 350 valence electrons. The van der Waals surface area contributed by atoms with Crippen LogP contribution in [0.3, 0.4) is 0 Å². The second-order valence-corrected chi connectivity index (χ2v) is 18.7. The molecule has 2 N–H and O–H groups in total. The molecule has 6 atom stereocenters. The molecule has 11 heteroatoms. The van der Waals surface area contributed by atoms with Gasteiger partial charge in [-0.3, -0.25) is 4.79 Å². The number of carbonyl (C=O) groups excluding carboxylic acids is 1. The number of allylic oxidation sites excluding steroid dienone is 1. The highest BCUT2D eigenvalue weighted by atomic mass is 16.7. The molecular weight excluding hydrogens is 833 g/mol. The molecule has 9 rings (SSSR count). The number of unbranched alkanes of at least 4 members (excludes halogenated alkanes) is 2. The molecule has 2 fully saturated rings. The Balaban J connectivity index is 1.21. The summed E-state index contributed by atoms with van der Waals surface area (Å²) in [5.41, 5.74) is 3.71. The Hall–Kier alpha value is -5.36. The normalized spacial score (nSPS) is 24.6. The molecule has 0 saturated heterocycles. The quantitative estimate of drug-likeness (QED) is 0.0477. The lowest BCUT2D eigenvalue weighted by Crippen LogP contribution is -2.70. The number of carbonyl (C=O) groups is 1. The van der Waals surface area contributed by atoms with E-state index in [1.807, 2.05) is 60.4 Å². The van der Waals surface area contributed by atoms with Crippen molar-refractivity contribution in [1.29, 1.82) is 0 Å². The number of amides is 1. The van der Waals surface area contributed by atoms with E-state index in [1.165, 1.54) is 12.8 Å². The zero-order valence-electron chi connectivity index (χ0n) is 38.4. The number of hydrogen-bond donors (Lipinski definition) is 2. The number of rotatable bonds is 21. The molecule has 0 aromatic heterocycles. The summed E-state index contributed by atoms with van der Waals surface area (Å²) in [5.74, 6) is 2.25. The van der Waals surface area contributed by atoms with Gasteiger partial charge >= 0.3 is 0 Å². The molecule has 6 unspecified atom stereocenters. The molecule has 2 aliphatic heterocycles. The van der Waals surface area contributed by atoms with Crippen LogP contribution < -0.4 is 18.9 Å². The first-order valence-corrected chi connectivity index (χ1v) is 24.5. The minimum Gasteiger partial charge on any atom is -0.459 e. The molecule has 0 radical (unpaired) electrons. The van der Waals surface area contributed by atoms with Gasteiger partial charge in [0.05, 0.1) is 18.2 Å². The van der Waals surface area contributed by atoms with Crippen LogP contribution in [0.25, 0.3) is 10.8 Å². The highest BCUT2D eigenvalue weighted by Gasteiger charge is 2.65. The number of nitrogens with zero attached hydrogens (tertiary/aromatic N) is 2. The van der Waals surface area contributed by atoms with Crippen molar-refractivity contribution in [3.05, 3.63) is 114 Å². The van der Waals surface area contributed by atoms with Crippen molar-refractivity contribution in [2.24, 2.45) is 28.8 Å². The largest absolute Gasteiger partial charge is 0.459 e. The average Bonchev–Trinajstić information content (AvgIpc) is 4.05. The minimum atomic E-state index is -1.37. The maximum absolute atomic E-state index is 15.3. The van der Waals surface area contributed by atoms with Gasteiger partial charge in [0.25, 0.3) is 0 Å². The van der Waals surface area contributed by atoms with Crippen LogP contribution in [0.4, 0.5) is 0 Å². The molecule has 1 amide bonds. The zero-order chi connectivity index (χ0) is 45.5. The maximum Gasteiger partial charge on any atom is 0.239 e. The summed E-state index contributed by atoms with van der Waals surface area (Å²) in [5, 5.41) is 27.2. The summed E-state index contributed by atoms with van der Waals surface area (Å²) in [6.07, 6.45) is 15.2. The molecule has 5 aliphatic rings. The number of benzene rings is 4. The molecule has 0 spiro atoms. The molecular formula is C55H66N2O9. The van der Waals surface area contributed by atoms with Crippen molar-refractivity contribution in [2.45, 2.75) is 115 Å². The van der Waals surface area contributed by atoms with Crippen molar-refractivity contribution >= 4 is 22.4 Å². The van der Waals surface area contributed by atoms with Gasteiger partial charge in [0.1, 0.15) is 29.9 Å². The lowest BCUT2D eigenvalue weighted by atomic mass is 9.55. The smallest absolute Gasteiger partial charge is 0.239 e.